The van der Waals surface area contributed by atoms with Crippen LogP contribution in [0, 0.1) is 17.2 Å². The Labute approximate surface area is 136 Å². The Hall–Kier alpha value is -2.32. The summed E-state index contributed by atoms with van der Waals surface area (Å²) in [4.78, 5) is 17.6. The zero-order valence-electron chi connectivity index (χ0n) is 13.7. The third kappa shape index (κ3) is 2.60. The van der Waals surface area contributed by atoms with Crippen molar-refractivity contribution in [1.29, 1.82) is 5.26 Å². The Bertz CT molecular complexity index is 787. The first-order valence-corrected chi connectivity index (χ1v) is 7.87. The highest BCUT2D eigenvalue weighted by atomic mass is 16.7. The number of nitriles is 1. The monoisotopic (exact) mass is 311 g/mol. The van der Waals surface area contributed by atoms with Gasteiger partial charge in [0.05, 0.1) is 18.7 Å². The van der Waals surface area contributed by atoms with Crippen molar-refractivity contribution in [3.63, 3.8) is 0 Å². The second-order valence-electron chi connectivity index (χ2n) is 6.20. The largest absolute Gasteiger partial charge is 0.350 e. The van der Waals surface area contributed by atoms with Crippen LogP contribution in [0.15, 0.2) is 24.4 Å². The lowest BCUT2D eigenvalue weighted by molar-refractivity contribution is -0.173. The van der Waals surface area contributed by atoms with Crippen LogP contribution in [0.25, 0.3) is 10.9 Å². The van der Waals surface area contributed by atoms with Crippen molar-refractivity contribution in [3.05, 3.63) is 35.5 Å². The molecular weight excluding hydrogens is 290 g/mol. The molecule has 0 spiro atoms. The van der Waals surface area contributed by atoms with Crippen LogP contribution in [0.3, 0.4) is 0 Å². The van der Waals surface area contributed by atoms with Gasteiger partial charge in [-0.15, -0.1) is 0 Å². The molecule has 1 fully saturated rings. The smallest absolute Gasteiger partial charge is 0.249 e. The molecule has 2 atom stereocenters. The van der Waals surface area contributed by atoms with E-state index in [9.17, 15) is 10.1 Å². The fourth-order valence-electron chi connectivity index (χ4n) is 3.74. The molecule has 1 aliphatic rings. The van der Waals surface area contributed by atoms with Gasteiger partial charge in [-0.2, -0.15) is 5.26 Å². The van der Waals surface area contributed by atoms with Crippen LogP contribution >= 0.6 is 0 Å². The van der Waals surface area contributed by atoms with Crippen LogP contribution in [0.5, 0.6) is 0 Å². The fraction of sp³-hybridized carbons (Fsp3) is 0.444. The molecule has 1 aromatic heterocycles. The topological polar surface area (TPSA) is 58.3 Å². The fourth-order valence-corrected chi connectivity index (χ4v) is 3.74. The minimum Gasteiger partial charge on any atom is -0.350 e. The summed E-state index contributed by atoms with van der Waals surface area (Å²) in [5.41, 5.74) is 2.91. The summed E-state index contributed by atoms with van der Waals surface area (Å²) in [6, 6.07) is 7.95. The van der Waals surface area contributed by atoms with Gasteiger partial charge in [0.1, 0.15) is 0 Å². The maximum absolute atomic E-state index is 12.6. The van der Waals surface area contributed by atoms with Crippen LogP contribution in [-0.2, 0) is 16.7 Å². The third-order valence-electron chi connectivity index (χ3n) is 4.97. The van der Waals surface area contributed by atoms with E-state index in [2.05, 4.69) is 16.8 Å². The van der Waals surface area contributed by atoms with E-state index in [4.69, 9.17) is 4.84 Å². The summed E-state index contributed by atoms with van der Waals surface area (Å²) in [7, 11) is 5.18. The van der Waals surface area contributed by atoms with Gasteiger partial charge in [0, 0.05) is 37.1 Å². The third-order valence-corrected chi connectivity index (χ3v) is 4.97. The summed E-state index contributed by atoms with van der Waals surface area (Å²) in [5, 5.41) is 11.6. The molecule has 0 bridgehead atoms. The molecule has 1 aromatic carbocycles. The Morgan fingerprint density at radius 2 is 2.22 bits per heavy atom. The van der Waals surface area contributed by atoms with Crippen molar-refractivity contribution < 1.29 is 9.63 Å². The first-order chi connectivity index (χ1) is 11.1. The van der Waals surface area contributed by atoms with E-state index in [1.165, 1.54) is 17.7 Å². The van der Waals surface area contributed by atoms with Gasteiger partial charge in [-0.25, -0.2) is 5.06 Å². The van der Waals surface area contributed by atoms with E-state index in [-0.39, 0.29) is 17.7 Å². The Morgan fingerprint density at radius 3 is 2.91 bits per heavy atom. The first kappa shape index (κ1) is 15.6. The number of hydrogen-bond acceptors (Lipinski definition) is 3. The lowest BCUT2D eigenvalue weighted by atomic mass is 9.87. The van der Waals surface area contributed by atoms with Gasteiger partial charge in [-0.3, -0.25) is 9.63 Å². The number of aromatic nitrogens is 1. The number of nitrogens with zero attached hydrogens (tertiary/aromatic N) is 3. The predicted molar refractivity (Wildman–Crippen MR) is 87.5 cm³/mol. The number of hydroxylamine groups is 2. The van der Waals surface area contributed by atoms with Crippen molar-refractivity contribution in [2.75, 3.05) is 14.2 Å². The van der Waals surface area contributed by atoms with E-state index in [1.54, 1.807) is 7.05 Å². The highest BCUT2D eigenvalue weighted by Crippen LogP contribution is 2.43. The SMILES string of the molecule is CON(C)C(=O)[C@@H]1CCC[C@H]1c1cn(C)c2ccc(C#N)cc12. The van der Waals surface area contributed by atoms with Gasteiger partial charge < -0.3 is 4.57 Å². The molecule has 5 nitrogen and oxygen atoms in total. The lowest BCUT2D eigenvalue weighted by Crippen LogP contribution is -2.33. The summed E-state index contributed by atoms with van der Waals surface area (Å²) in [5.74, 6) is 0.150. The predicted octanol–water partition coefficient (Wildman–Crippen LogP) is 2.95. The van der Waals surface area contributed by atoms with Crippen molar-refractivity contribution in [1.82, 2.24) is 9.63 Å². The summed E-state index contributed by atoms with van der Waals surface area (Å²) >= 11 is 0. The minimum atomic E-state index is -0.0590. The van der Waals surface area contributed by atoms with Crippen molar-refractivity contribution in [2.45, 2.75) is 25.2 Å². The molecule has 3 rings (SSSR count). The molecule has 0 unspecified atom stereocenters. The van der Waals surface area contributed by atoms with Crippen LogP contribution in [-0.4, -0.2) is 29.7 Å². The van der Waals surface area contributed by atoms with Crippen molar-refractivity contribution >= 4 is 16.8 Å². The van der Waals surface area contributed by atoms with Gasteiger partial charge in [0.15, 0.2) is 0 Å². The number of hydrogen-bond donors (Lipinski definition) is 0. The quantitative estimate of drug-likeness (QED) is 0.819. The lowest BCUT2D eigenvalue weighted by Gasteiger charge is -2.23. The first-order valence-electron chi connectivity index (χ1n) is 7.87. The molecule has 2 aromatic rings. The van der Waals surface area contributed by atoms with E-state index in [1.807, 2.05) is 25.2 Å². The molecule has 0 radical (unpaired) electrons. The molecule has 1 saturated carbocycles. The number of carbonyl (C=O) groups is 1. The maximum atomic E-state index is 12.6. The molecule has 0 saturated heterocycles. The minimum absolute atomic E-state index is 0.0310. The van der Waals surface area contributed by atoms with E-state index < -0.39 is 0 Å². The number of fused-ring (bicyclic) bond motifs is 1. The number of aryl methyl sites for hydroxylation is 1. The highest BCUT2D eigenvalue weighted by molar-refractivity contribution is 5.87. The summed E-state index contributed by atoms with van der Waals surface area (Å²) < 4.78 is 2.08. The van der Waals surface area contributed by atoms with Crippen LogP contribution in [0.1, 0.15) is 36.3 Å². The molecule has 23 heavy (non-hydrogen) atoms. The molecule has 0 N–H and O–H groups in total. The Morgan fingerprint density at radius 1 is 1.43 bits per heavy atom. The van der Waals surface area contributed by atoms with E-state index in [0.717, 1.165) is 30.2 Å². The van der Waals surface area contributed by atoms with Crippen molar-refractivity contribution in [3.8, 4) is 6.07 Å². The Balaban J connectivity index is 2.05. The second-order valence-corrected chi connectivity index (χ2v) is 6.20. The number of amides is 1. The molecule has 5 heteroatoms. The maximum Gasteiger partial charge on any atom is 0.249 e. The summed E-state index contributed by atoms with van der Waals surface area (Å²) in [6.07, 6.45) is 5.01. The van der Waals surface area contributed by atoms with E-state index >= 15 is 0 Å². The van der Waals surface area contributed by atoms with Gasteiger partial charge in [-0.05, 0) is 42.5 Å². The molecule has 1 heterocycles. The normalized spacial score (nSPS) is 20.6. The standard InChI is InChI=1S/C18H21N3O2/c1-20-11-16(15-9-12(10-19)7-8-17(15)20)13-5-4-6-14(13)18(22)21(2)23-3/h7-9,11,13-14H,4-6H2,1-3H3/t13-,14-/m1/s1. The number of carbonyl (C=O) groups excluding carboxylic acids is 1. The van der Waals surface area contributed by atoms with Crippen LogP contribution in [0.4, 0.5) is 0 Å². The summed E-state index contributed by atoms with van der Waals surface area (Å²) in [6.45, 7) is 0. The average molecular weight is 311 g/mol. The molecule has 0 aliphatic heterocycles. The van der Waals surface area contributed by atoms with Gasteiger partial charge >= 0.3 is 0 Å². The van der Waals surface area contributed by atoms with Crippen LogP contribution in [0.2, 0.25) is 0 Å². The van der Waals surface area contributed by atoms with Gasteiger partial charge in [0.2, 0.25) is 5.91 Å². The van der Waals surface area contributed by atoms with Gasteiger partial charge in [0.25, 0.3) is 0 Å². The second kappa shape index (κ2) is 6.05. The van der Waals surface area contributed by atoms with Gasteiger partial charge in [-0.1, -0.05) is 6.42 Å². The number of rotatable bonds is 3. The molecule has 1 amide bonds. The molecular formula is C18H21N3O2. The molecule has 1 aliphatic carbocycles. The Kier molecular flexibility index (Phi) is 4.10. The van der Waals surface area contributed by atoms with E-state index in [0.29, 0.717) is 5.56 Å². The van der Waals surface area contributed by atoms with Crippen LogP contribution < -0.4 is 0 Å². The highest BCUT2D eigenvalue weighted by Gasteiger charge is 2.37. The average Bonchev–Trinajstić information content (AvgIpc) is 3.17. The number of benzene rings is 1. The van der Waals surface area contributed by atoms with Crippen molar-refractivity contribution in [2.24, 2.45) is 13.0 Å². The zero-order chi connectivity index (χ0) is 16.6. The molecule has 120 valence electrons. The zero-order valence-corrected chi connectivity index (χ0v) is 13.7.